The van der Waals surface area contributed by atoms with E-state index in [1.54, 1.807) is 0 Å². The summed E-state index contributed by atoms with van der Waals surface area (Å²) in [6.45, 7) is 0.541. The fourth-order valence-electron chi connectivity index (χ4n) is 0.901. The lowest BCUT2D eigenvalue weighted by Crippen LogP contribution is -2.61. The first-order valence-electron chi connectivity index (χ1n) is 4.64. The monoisotopic (exact) mass is 252 g/mol. The molecule has 3 N–H and O–H groups in total. The zero-order valence-electron chi connectivity index (χ0n) is 8.91. The number of aromatic nitrogens is 2. The first kappa shape index (κ1) is 13.4. The quantitative estimate of drug-likeness (QED) is 0.787. The molecule has 6 nitrogen and oxygen atoms in total. The van der Waals surface area contributed by atoms with E-state index in [1.165, 1.54) is 0 Å². The van der Waals surface area contributed by atoms with Crippen molar-refractivity contribution in [2.75, 3.05) is 6.54 Å². The summed E-state index contributed by atoms with van der Waals surface area (Å²) in [6.07, 6.45) is -3.51. The number of amides is 1. The van der Waals surface area contributed by atoms with Crippen LogP contribution in [0.25, 0.3) is 0 Å². The Hall–Kier alpha value is -1.64. The van der Waals surface area contributed by atoms with Gasteiger partial charge in [0.25, 0.3) is 0 Å². The number of hydrogen-bond donors (Lipinski definition) is 2. The van der Waals surface area contributed by atoms with Crippen molar-refractivity contribution in [3.8, 4) is 0 Å². The van der Waals surface area contributed by atoms with Gasteiger partial charge in [0, 0.05) is 13.0 Å². The first-order valence-corrected chi connectivity index (χ1v) is 4.64. The SMILES string of the molecule is CC(N)(C(=O)NCCc1ncno1)C(F)(F)F. The van der Waals surface area contributed by atoms with Crippen LogP contribution in [0, 0.1) is 0 Å². The molecule has 17 heavy (non-hydrogen) atoms. The van der Waals surface area contributed by atoms with Crippen LogP contribution in [0.15, 0.2) is 10.9 Å². The van der Waals surface area contributed by atoms with Crippen molar-refractivity contribution < 1.29 is 22.5 Å². The second-order valence-corrected chi connectivity index (χ2v) is 3.54. The summed E-state index contributed by atoms with van der Waals surface area (Å²) in [6, 6.07) is 0. The molecule has 9 heteroatoms. The Kier molecular flexibility index (Phi) is 3.71. The van der Waals surface area contributed by atoms with Crippen LogP contribution in [0.5, 0.6) is 0 Å². The molecule has 1 aromatic rings. The highest BCUT2D eigenvalue weighted by molar-refractivity contribution is 5.86. The van der Waals surface area contributed by atoms with Gasteiger partial charge in [-0.3, -0.25) is 4.79 Å². The molecule has 0 aliphatic rings. The van der Waals surface area contributed by atoms with Gasteiger partial charge in [-0.15, -0.1) is 0 Å². The Morgan fingerprint density at radius 1 is 1.59 bits per heavy atom. The lowest BCUT2D eigenvalue weighted by atomic mass is 10.0. The van der Waals surface area contributed by atoms with Crippen LogP contribution < -0.4 is 11.1 Å². The van der Waals surface area contributed by atoms with Crippen LogP contribution >= 0.6 is 0 Å². The molecule has 1 atom stereocenters. The maximum atomic E-state index is 12.4. The Bertz CT molecular complexity index is 375. The topological polar surface area (TPSA) is 94.0 Å². The fraction of sp³-hybridized carbons (Fsp3) is 0.625. The van der Waals surface area contributed by atoms with Crippen LogP contribution in [0.2, 0.25) is 0 Å². The van der Waals surface area contributed by atoms with Crippen molar-refractivity contribution >= 4 is 5.91 Å². The molecule has 1 unspecified atom stereocenters. The second kappa shape index (κ2) is 4.70. The predicted octanol–water partition coefficient (Wildman–Crippen LogP) is 0.00800. The molecular formula is C8H11F3N4O2. The largest absolute Gasteiger partial charge is 0.415 e. The van der Waals surface area contributed by atoms with Crippen LogP contribution in [0.3, 0.4) is 0 Å². The van der Waals surface area contributed by atoms with Crippen LogP contribution in [0.1, 0.15) is 12.8 Å². The highest BCUT2D eigenvalue weighted by atomic mass is 19.4. The number of nitrogens with one attached hydrogen (secondary N) is 1. The Morgan fingerprint density at radius 2 is 2.24 bits per heavy atom. The zero-order valence-corrected chi connectivity index (χ0v) is 8.91. The number of nitrogens with zero attached hydrogens (tertiary/aromatic N) is 2. The number of halogens is 3. The molecule has 0 aromatic carbocycles. The molecule has 1 rings (SSSR count). The molecule has 0 aliphatic heterocycles. The second-order valence-electron chi connectivity index (χ2n) is 3.54. The van der Waals surface area contributed by atoms with Crippen LogP contribution in [0.4, 0.5) is 13.2 Å². The van der Waals surface area contributed by atoms with E-state index >= 15 is 0 Å². The molecule has 0 saturated carbocycles. The van der Waals surface area contributed by atoms with E-state index < -0.39 is 17.6 Å². The van der Waals surface area contributed by atoms with Gasteiger partial charge in [-0.05, 0) is 6.92 Å². The average Bonchev–Trinajstić information content (AvgIpc) is 2.68. The number of carbonyl (C=O) groups is 1. The molecule has 0 radical (unpaired) electrons. The molecular weight excluding hydrogens is 241 g/mol. The summed E-state index contributed by atoms with van der Waals surface area (Å²) in [5, 5.41) is 5.36. The third-order valence-electron chi connectivity index (χ3n) is 2.09. The molecule has 1 amide bonds. The first-order chi connectivity index (χ1) is 7.75. The normalized spacial score (nSPS) is 15.4. The minimum Gasteiger partial charge on any atom is -0.354 e. The van der Waals surface area contributed by atoms with Crippen molar-refractivity contribution in [2.24, 2.45) is 5.73 Å². The molecule has 0 aliphatic carbocycles. The smallest absolute Gasteiger partial charge is 0.354 e. The van der Waals surface area contributed by atoms with E-state index in [0.29, 0.717) is 6.92 Å². The van der Waals surface area contributed by atoms with Gasteiger partial charge in [-0.25, -0.2) is 0 Å². The number of rotatable bonds is 4. The maximum Gasteiger partial charge on any atom is 0.415 e. The number of hydrogen-bond acceptors (Lipinski definition) is 5. The van der Waals surface area contributed by atoms with Gasteiger partial charge in [0.15, 0.2) is 11.9 Å². The van der Waals surface area contributed by atoms with Crippen molar-refractivity contribution in [1.29, 1.82) is 0 Å². The van der Waals surface area contributed by atoms with Gasteiger partial charge in [0.05, 0.1) is 0 Å². The van der Waals surface area contributed by atoms with E-state index in [2.05, 4.69) is 20.0 Å². The van der Waals surface area contributed by atoms with E-state index in [0.717, 1.165) is 6.33 Å². The summed E-state index contributed by atoms with van der Waals surface area (Å²) in [4.78, 5) is 14.9. The number of nitrogens with two attached hydrogens (primary N) is 1. The predicted molar refractivity (Wildman–Crippen MR) is 49.7 cm³/mol. The summed E-state index contributed by atoms with van der Waals surface area (Å²) in [7, 11) is 0. The van der Waals surface area contributed by atoms with Gasteiger partial charge in [-0.2, -0.15) is 18.2 Å². The Balaban J connectivity index is 2.45. The van der Waals surface area contributed by atoms with E-state index in [1.807, 2.05) is 0 Å². The van der Waals surface area contributed by atoms with Gasteiger partial charge < -0.3 is 15.6 Å². The lowest BCUT2D eigenvalue weighted by molar-refractivity contribution is -0.187. The van der Waals surface area contributed by atoms with E-state index in [-0.39, 0.29) is 18.9 Å². The fourth-order valence-corrected chi connectivity index (χ4v) is 0.901. The van der Waals surface area contributed by atoms with Crippen molar-refractivity contribution in [3.05, 3.63) is 12.2 Å². The van der Waals surface area contributed by atoms with Gasteiger partial charge in [0.2, 0.25) is 11.8 Å². The Morgan fingerprint density at radius 3 is 2.71 bits per heavy atom. The van der Waals surface area contributed by atoms with Crippen molar-refractivity contribution in [1.82, 2.24) is 15.5 Å². The van der Waals surface area contributed by atoms with Crippen LogP contribution in [-0.2, 0) is 11.2 Å². The summed E-state index contributed by atoms with van der Waals surface area (Å²) in [5.41, 5.74) is 1.99. The van der Waals surface area contributed by atoms with Crippen molar-refractivity contribution in [2.45, 2.75) is 25.1 Å². The highest BCUT2D eigenvalue weighted by Gasteiger charge is 2.53. The molecule has 0 saturated heterocycles. The van der Waals surface area contributed by atoms with Gasteiger partial charge in [-0.1, -0.05) is 5.16 Å². The van der Waals surface area contributed by atoms with Crippen molar-refractivity contribution in [3.63, 3.8) is 0 Å². The molecule has 0 spiro atoms. The molecule has 0 bridgehead atoms. The van der Waals surface area contributed by atoms with Crippen LogP contribution in [-0.4, -0.2) is 34.3 Å². The van der Waals surface area contributed by atoms with Gasteiger partial charge >= 0.3 is 6.18 Å². The zero-order chi connectivity index (χ0) is 13.1. The minimum absolute atomic E-state index is 0.0656. The van der Waals surface area contributed by atoms with E-state index in [9.17, 15) is 18.0 Å². The number of carbonyl (C=O) groups excluding carboxylic acids is 1. The third kappa shape index (κ3) is 3.16. The molecule has 1 heterocycles. The van der Waals surface area contributed by atoms with Gasteiger partial charge in [0.1, 0.15) is 0 Å². The minimum atomic E-state index is -4.80. The standard InChI is InChI=1S/C8H11F3N4O2/c1-7(12,8(9,10)11)6(16)13-3-2-5-14-4-15-17-5/h4H,2-3,12H2,1H3,(H,13,16). The highest BCUT2D eigenvalue weighted by Crippen LogP contribution is 2.27. The average molecular weight is 252 g/mol. The number of alkyl halides is 3. The summed E-state index contributed by atoms with van der Waals surface area (Å²) in [5.74, 6) is -1.08. The maximum absolute atomic E-state index is 12.4. The Labute approximate surface area is 94.4 Å². The molecule has 1 aromatic heterocycles. The molecule has 0 fully saturated rings. The van der Waals surface area contributed by atoms with E-state index in [4.69, 9.17) is 5.73 Å². The summed E-state index contributed by atoms with van der Waals surface area (Å²) < 4.78 is 41.7. The molecule has 96 valence electrons. The third-order valence-corrected chi connectivity index (χ3v) is 2.09. The lowest BCUT2D eigenvalue weighted by Gasteiger charge is -2.25. The summed E-state index contributed by atoms with van der Waals surface area (Å²) >= 11 is 0.